The summed E-state index contributed by atoms with van der Waals surface area (Å²) in [6.07, 6.45) is 1.32. The number of halogens is 1. The van der Waals surface area contributed by atoms with Crippen LogP contribution in [0, 0.1) is 11.9 Å². The van der Waals surface area contributed by atoms with E-state index in [0.717, 1.165) is 6.07 Å². The summed E-state index contributed by atoms with van der Waals surface area (Å²) in [5.74, 6) is -0.398. The van der Waals surface area contributed by atoms with Gasteiger partial charge in [0.05, 0.1) is 5.69 Å². The Morgan fingerprint density at radius 2 is 2.40 bits per heavy atom. The summed E-state index contributed by atoms with van der Waals surface area (Å²) >= 11 is 0. The number of isocyanates is 1. The lowest BCUT2D eigenvalue weighted by Crippen LogP contribution is -1.69. The predicted octanol–water partition coefficient (Wildman–Crippen LogP) is 1.59. The predicted molar refractivity (Wildman–Crippen MR) is 33.0 cm³/mol. The van der Waals surface area contributed by atoms with E-state index in [0.29, 0.717) is 0 Å². The Morgan fingerprint density at radius 3 is 2.90 bits per heavy atom. The molecule has 0 saturated heterocycles. The molecule has 0 amide bonds. The van der Waals surface area contributed by atoms with E-state index >= 15 is 0 Å². The Balaban J connectivity index is 3.00. The number of rotatable bonds is 1. The number of hydrogen-bond acceptors (Lipinski definition) is 2. The third kappa shape index (κ3) is 1.50. The fourth-order valence-electron chi connectivity index (χ4n) is 0.516. The molecule has 1 radical (unpaired) electrons. The van der Waals surface area contributed by atoms with Crippen LogP contribution >= 0.6 is 0 Å². The summed E-state index contributed by atoms with van der Waals surface area (Å²) in [6, 6.07) is 6.09. The molecule has 0 aromatic heterocycles. The third-order valence-corrected chi connectivity index (χ3v) is 0.924. The number of hydrogen-bond donors (Lipinski definition) is 0. The molecular formula is C7H3FNO. The summed E-state index contributed by atoms with van der Waals surface area (Å²) < 4.78 is 12.2. The van der Waals surface area contributed by atoms with Gasteiger partial charge in [0.2, 0.25) is 6.08 Å². The molecule has 0 spiro atoms. The molecule has 49 valence electrons. The third-order valence-electron chi connectivity index (χ3n) is 0.924. The Kier molecular flexibility index (Phi) is 1.92. The molecule has 1 aromatic carbocycles. The number of nitrogens with zero attached hydrogens (tertiary/aromatic N) is 1. The maximum atomic E-state index is 12.2. The van der Waals surface area contributed by atoms with Gasteiger partial charge in [0.1, 0.15) is 5.82 Å². The van der Waals surface area contributed by atoms with Gasteiger partial charge in [-0.25, -0.2) is 9.18 Å². The molecule has 1 rings (SSSR count). The number of aliphatic imine (C=N–C) groups is 1. The van der Waals surface area contributed by atoms with Crippen LogP contribution in [0.15, 0.2) is 23.2 Å². The van der Waals surface area contributed by atoms with Crippen molar-refractivity contribution in [3.8, 4) is 0 Å². The van der Waals surface area contributed by atoms with Crippen LogP contribution in [0.2, 0.25) is 0 Å². The molecule has 10 heavy (non-hydrogen) atoms. The van der Waals surface area contributed by atoms with Crippen molar-refractivity contribution >= 4 is 11.8 Å². The van der Waals surface area contributed by atoms with Gasteiger partial charge in [-0.1, -0.05) is 0 Å². The number of carbonyl (C=O) groups excluding carboxylic acids is 1. The molecule has 0 saturated carbocycles. The Labute approximate surface area is 57.0 Å². The van der Waals surface area contributed by atoms with Crippen molar-refractivity contribution in [1.29, 1.82) is 0 Å². The van der Waals surface area contributed by atoms with Crippen LogP contribution in [0.1, 0.15) is 0 Å². The summed E-state index contributed by atoms with van der Waals surface area (Å²) in [5.41, 5.74) is 0.288. The van der Waals surface area contributed by atoms with Gasteiger partial charge >= 0.3 is 0 Å². The number of benzene rings is 1. The highest BCUT2D eigenvalue weighted by atomic mass is 19.1. The largest absolute Gasteiger partial charge is 0.240 e. The molecule has 0 aliphatic carbocycles. The van der Waals surface area contributed by atoms with Crippen molar-refractivity contribution in [2.75, 3.05) is 0 Å². The summed E-state index contributed by atoms with van der Waals surface area (Å²) in [4.78, 5) is 12.9. The monoisotopic (exact) mass is 136 g/mol. The smallest absolute Gasteiger partial charge is 0.211 e. The highest BCUT2D eigenvalue weighted by molar-refractivity contribution is 5.47. The molecular weight excluding hydrogens is 133 g/mol. The van der Waals surface area contributed by atoms with Gasteiger partial charge in [0.25, 0.3) is 0 Å². The average molecular weight is 136 g/mol. The first-order valence-corrected chi connectivity index (χ1v) is 2.58. The van der Waals surface area contributed by atoms with E-state index in [1.807, 2.05) is 0 Å². The van der Waals surface area contributed by atoms with E-state index in [2.05, 4.69) is 11.1 Å². The molecule has 0 fully saturated rings. The van der Waals surface area contributed by atoms with Gasteiger partial charge in [-0.05, 0) is 18.2 Å². The summed E-state index contributed by atoms with van der Waals surface area (Å²) in [5, 5.41) is 0. The van der Waals surface area contributed by atoms with Gasteiger partial charge in [-0.15, -0.1) is 0 Å². The second-order valence-corrected chi connectivity index (χ2v) is 1.60. The SMILES string of the molecule is O=C=Nc1[c]cc(F)cc1. The standard InChI is InChI=1S/C7H3FNO/c8-6-1-3-7(4-2-6)9-5-10/h1-3H. The molecule has 0 aliphatic rings. The molecule has 0 N–H and O–H groups in total. The normalized spacial score (nSPS) is 8.50. The van der Waals surface area contributed by atoms with Crippen molar-refractivity contribution in [3.63, 3.8) is 0 Å². The zero-order valence-electron chi connectivity index (χ0n) is 4.97. The minimum Gasteiger partial charge on any atom is -0.211 e. The van der Waals surface area contributed by atoms with Crippen molar-refractivity contribution in [2.24, 2.45) is 4.99 Å². The lowest BCUT2D eigenvalue weighted by atomic mass is 10.3. The first kappa shape index (κ1) is 6.65. The van der Waals surface area contributed by atoms with Crippen LogP contribution in [-0.4, -0.2) is 6.08 Å². The van der Waals surface area contributed by atoms with Crippen molar-refractivity contribution in [1.82, 2.24) is 0 Å². The lowest BCUT2D eigenvalue weighted by Gasteiger charge is -1.86. The lowest BCUT2D eigenvalue weighted by molar-refractivity contribution is 0.565. The minimum atomic E-state index is -0.398. The van der Waals surface area contributed by atoms with E-state index in [1.54, 1.807) is 0 Å². The molecule has 0 aliphatic heterocycles. The molecule has 1 aromatic rings. The van der Waals surface area contributed by atoms with Crippen molar-refractivity contribution in [3.05, 3.63) is 30.1 Å². The minimum absolute atomic E-state index is 0.288. The van der Waals surface area contributed by atoms with Crippen LogP contribution < -0.4 is 0 Å². The molecule has 3 heteroatoms. The van der Waals surface area contributed by atoms with Gasteiger partial charge < -0.3 is 0 Å². The molecule has 0 unspecified atom stereocenters. The van der Waals surface area contributed by atoms with Crippen LogP contribution in [0.5, 0.6) is 0 Å². The molecule has 0 bridgehead atoms. The van der Waals surface area contributed by atoms with Crippen LogP contribution in [-0.2, 0) is 4.79 Å². The van der Waals surface area contributed by atoms with Crippen molar-refractivity contribution < 1.29 is 9.18 Å². The summed E-state index contributed by atoms with van der Waals surface area (Å²) in [6.45, 7) is 0. The zero-order valence-corrected chi connectivity index (χ0v) is 4.97. The van der Waals surface area contributed by atoms with Crippen LogP contribution in [0.4, 0.5) is 10.1 Å². The van der Waals surface area contributed by atoms with E-state index < -0.39 is 5.82 Å². The Morgan fingerprint density at radius 1 is 1.60 bits per heavy atom. The average Bonchev–Trinajstić information content (AvgIpc) is 1.95. The van der Waals surface area contributed by atoms with Crippen LogP contribution in [0.3, 0.4) is 0 Å². The fourth-order valence-corrected chi connectivity index (χ4v) is 0.516. The molecule has 0 heterocycles. The van der Waals surface area contributed by atoms with Gasteiger partial charge in [0.15, 0.2) is 0 Å². The Bertz CT molecular complexity index is 261. The Hall–Kier alpha value is -1.47. The van der Waals surface area contributed by atoms with E-state index in [-0.39, 0.29) is 5.69 Å². The van der Waals surface area contributed by atoms with Gasteiger partial charge in [-0.2, -0.15) is 4.99 Å². The highest BCUT2D eigenvalue weighted by Gasteiger charge is 1.88. The second-order valence-electron chi connectivity index (χ2n) is 1.60. The first-order chi connectivity index (χ1) is 4.83. The molecule has 2 nitrogen and oxygen atoms in total. The summed E-state index contributed by atoms with van der Waals surface area (Å²) in [7, 11) is 0. The van der Waals surface area contributed by atoms with Crippen LogP contribution in [0.25, 0.3) is 0 Å². The maximum absolute atomic E-state index is 12.2. The van der Waals surface area contributed by atoms with Gasteiger partial charge in [-0.3, -0.25) is 0 Å². The molecule has 0 atom stereocenters. The van der Waals surface area contributed by atoms with Crippen molar-refractivity contribution in [2.45, 2.75) is 0 Å². The topological polar surface area (TPSA) is 29.4 Å². The zero-order chi connectivity index (χ0) is 7.40. The maximum Gasteiger partial charge on any atom is 0.240 e. The van der Waals surface area contributed by atoms with E-state index in [1.165, 1.54) is 18.2 Å². The van der Waals surface area contributed by atoms with E-state index in [4.69, 9.17) is 0 Å². The first-order valence-electron chi connectivity index (χ1n) is 2.58. The fraction of sp³-hybridized carbons (Fsp3) is 0. The second kappa shape index (κ2) is 2.90. The van der Waals surface area contributed by atoms with E-state index in [9.17, 15) is 9.18 Å². The quantitative estimate of drug-likeness (QED) is 0.425. The van der Waals surface area contributed by atoms with Gasteiger partial charge in [0, 0.05) is 6.07 Å². The highest BCUT2D eigenvalue weighted by Crippen LogP contribution is 2.09.